The first-order valence-electron chi connectivity index (χ1n) is 7.29. The molecule has 2 aliphatic rings. The molecule has 2 nitrogen and oxygen atoms in total. The van der Waals surface area contributed by atoms with E-state index in [1.165, 1.54) is 64.3 Å². The molecule has 0 unspecified atom stereocenters. The van der Waals surface area contributed by atoms with Crippen LogP contribution >= 0.6 is 0 Å². The van der Waals surface area contributed by atoms with Crippen molar-refractivity contribution in [3.05, 3.63) is 0 Å². The van der Waals surface area contributed by atoms with Gasteiger partial charge in [0.05, 0.1) is 0 Å². The van der Waals surface area contributed by atoms with Gasteiger partial charge in [-0.25, -0.2) is 0 Å². The predicted octanol–water partition coefficient (Wildman–Crippen LogP) is 2.69. The molecule has 0 spiro atoms. The third-order valence-corrected chi connectivity index (χ3v) is 4.56. The first-order valence-corrected chi connectivity index (χ1v) is 7.29. The van der Waals surface area contributed by atoms with Crippen molar-refractivity contribution < 1.29 is 0 Å². The summed E-state index contributed by atoms with van der Waals surface area (Å²) in [5.41, 5.74) is 0. The fourth-order valence-corrected chi connectivity index (χ4v) is 3.30. The highest BCUT2D eigenvalue weighted by Crippen LogP contribution is 2.24. The zero-order chi connectivity index (χ0) is 11.2. The first-order chi connectivity index (χ1) is 7.88. The van der Waals surface area contributed by atoms with Crippen LogP contribution in [0.5, 0.6) is 0 Å². The molecule has 2 rings (SSSR count). The molecule has 0 aromatic carbocycles. The van der Waals surface area contributed by atoms with Crippen LogP contribution in [0.3, 0.4) is 0 Å². The molecule has 2 fully saturated rings. The summed E-state index contributed by atoms with van der Waals surface area (Å²) in [6.45, 7) is 1.28. The summed E-state index contributed by atoms with van der Waals surface area (Å²) in [4.78, 5) is 0. The minimum absolute atomic E-state index is 0.797. The summed E-state index contributed by atoms with van der Waals surface area (Å²) < 4.78 is 0. The molecule has 2 N–H and O–H groups in total. The molecule has 0 radical (unpaired) electrons. The van der Waals surface area contributed by atoms with Gasteiger partial charge in [0.2, 0.25) is 0 Å². The van der Waals surface area contributed by atoms with Gasteiger partial charge in [0.1, 0.15) is 0 Å². The van der Waals surface area contributed by atoms with E-state index < -0.39 is 0 Å². The minimum Gasteiger partial charge on any atom is -0.317 e. The van der Waals surface area contributed by atoms with E-state index >= 15 is 0 Å². The fourth-order valence-electron chi connectivity index (χ4n) is 3.30. The second-order valence-electron chi connectivity index (χ2n) is 5.75. The Balaban J connectivity index is 1.59. The summed E-state index contributed by atoms with van der Waals surface area (Å²) in [5, 5.41) is 7.21. The van der Waals surface area contributed by atoms with Gasteiger partial charge in [-0.2, -0.15) is 0 Å². The maximum Gasteiger partial charge on any atom is 0.00671 e. The highest BCUT2D eigenvalue weighted by molar-refractivity contribution is 4.79. The molecular weight excluding hydrogens is 196 g/mol. The summed E-state index contributed by atoms with van der Waals surface area (Å²) >= 11 is 0. The van der Waals surface area contributed by atoms with Crippen molar-refractivity contribution in [2.24, 2.45) is 5.92 Å². The van der Waals surface area contributed by atoms with Gasteiger partial charge in [-0.15, -0.1) is 0 Å². The monoisotopic (exact) mass is 224 g/mol. The lowest BCUT2D eigenvalue weighted by Crippen LogP contribution is -2.38. The Bertz CT molecular complexity index is 179. The van der Waals surface area contributed by atoms with Crippen LogP contribution in [0, 0.1) is 5.92 Å². The van der Waals surface area contributed by atoms with Crippen LogP contribution in [-0.2, 0) is 0 Å². The zero-order valence-corrected chi connectivity index (χ0v) is 10.8. The van der Waals surface area contributed by atoms with Gasteiger partial charge < -0.3 is 10.6 Å². The summed E-state index contributed by atoms with van der Waals surface area (Å²) in [6.07, 6.45) is 12.8. The molecule has 0 aromatic rings. The van der Waals surface area contributed by atoms with Crippen LogP contribution in [0.4, 0.5) is 0 Å². The van der Waals surface area contributed by atoms with E-state index in [2.05, 4.69) is 17.7 Å². The first kappa shape index (κ1) is 12.4. The van der Waals surface area contributed by atoms with E-state index in [-0.39, 0.29) is 0 Å². The number of hydrogen-bond donors (Lipinski definition) is 2. The average Bonchev–Trinajstić information content (AvgIpc) is 2.38. The molecule has 94 valence electrons. The molecule has 0 heterocycles. The van der Waals surface area contributed by atoms with Gasteiger partial charge in [0.15, 0.2) is 0 Å². The largest absolute Gasteiger partial charge is 0.317 e. The maximum absolute atomic E-state index is 3.80. The van der Waals surface area contributed by atoms with Crippen molar-refractivity contribution in [3.63, 3.8) is 0 Å². The van der Waals surface area contributed by atoms with E-state index in [9.17, 15) is 0 Å². The van der Waals surface area contributed by atoms with Crippen LogP contribution in [0.15, 0.2) is 0 Å². The van der Waals surface area contributed by atoms with Crippen LogP contribution in [-0.4, -0.2) is 25.7 Å². The van der Waals surface area contributed by atoms with Crippen molar-refractivity contribution in [1.82, 2.24) is 10.6 Å². The third-order valence-electron chi connectivity index (χ3n) is 4.56. The summed E-state index contributed by atoms with van der Waals surface area (Å²) in [6, 6.07) is 1.64. The lowest BCUT2D eigenvalue weighted by atomic mass is 9.85. The quantitative estimate of drug-likeness (QED) is 0.767. The van der Waals surface area contributed by atoms with Crippen LogP contribution in [0.25, 0.3) is 0 Å². The van der Waals surface area contributed by atoms with Crippen molar-refractivity contribution in [2.45, 2.75) is 69.9 Å². The Morgan fingerprint density at radius 3 is 2.12 bits per heavy atom. The summed E-state index contributed by atoms with van der Waals surface area (Å²) in [7, 11) is 2.10. The smallest absolute Gasteiger partial charge is 0.00671 e. The lowest BCUT2D eigenvalue weighted by molar-refractivity contribution is 0.271. The van der Waals surface area contributed by atoms with Crippen molar-refractivity contribution in [1.29, 1.82) is 0 Å². The second-order valence-corrected chi connectivity index (χ2v) is 5.75. The number of rotatable bonds is 4. The number of nitrogens with one attached hydrogen (secondary N) is 2. The molecule has 0 aliphatic heterocycles. The van der Waals surface area contributed by atoms with Gasteiger partial charge >= 0.3 is 0 Å². The van der Waals surface area contributed by atoms with Crippen molar-refractivity contribution in [3.8, 4) is 0 Å². The van der Waals surface area contributed by atoms with Crippen LogP contribution < -0.4 is 10.6 Å². The van der Waals surface area contributed by atoms with Crippen LogP contribution in [0.1, 0.15) is 57.8 Å². The predicted molar refractivity (Wildman–Crippen MR) is 69.7 cm³/mol. The Hall–Kier alpha value is -0.0800. The Labute approximate surface area is 101 Å². The van der Waals surface area contributed by atoms with Gasteiger partial charge in [-0.05, 0) is 58.0 Å². The number of hydrogen-bond acceptors (Lipinski definition) is 2. The van der Waals surface area contributed by atoms with Gasteiger partial charge in [0, 0.05) is 12.1 Å². The van der Waals surface area contributed by atoms with E-state index in [0.717, 1.165) is 18.0 Å². The molecule has 0 bridgehead atoms. The van der Waals surface area contributed by atoms with E-state index in [4.69, 9.17) is 0 Å². The van der Waals surface area contributed by atoms with Crippen molar-refractivity contribution in [2.75, 3.05) is 13.6 Å². The van der Waals surface area contributed by atoms with Gasteiger partial charge in [0.25, 0.3) is 0 Å². The van der Waals surface area contributed by atoms with Gasteiger partial charge in [-0.3, -0.25) is 0 Å². The highest BCUT2D eigenvalue weighted by Gasteiger charge is 2.21. The molecule has 2 saturated carbocycles. The molecule has 16 heavy (non-hydrogen) atoms. The van der Waals surface area contributed by atoms with Gasteiger partial charge in [-0.1, -0.05) is 19.3 Å². The second kappa shape index (κ2) is 6.61. The molecule has 0 saturated heterocycles. The SMILES string of the molecule is CNC1CCC(CNC2CCCCC2)CC1. The van der Waals surface area contributed by atoms with Crippen molar-refractivity contribution >= 4 is 0 Å². The molecular formula is C14H28N2. The fraction of sp³-hybridized carbons (Fsp3) is 1.00. The average molecular weight is 224 g/mol. The normalized spacial score (nSPS) is 32.8. The molecule has 0 aromatic heterocycles. The highest BCUT2D eigenvalue weighted by atomic mass is 14.9. The molecule has 0 amide bonds. The third kappa shape index (κ3) is 3.74. The topological polar surface area (TPSA) is 24.1 Å². The van der Waals surface area contributed by atoms with E-state index in [1.807, 2.05) is 0 Å². The Kier molecular flexibility index (Phi) is 5.11. The molecule has 0 atom stereocenters. The zero-order valence-electron chi connectivity index (χ0n) is 10.8. The van der Waals surface area contributed by atoms with E-state index in [1.54, 1.807) is 0 Å². The lowest BCUT2D eigenvalue weighted by Gasteiger charge is -2.30. The summed E-state index contributed by atoms with van der Waals surface area (Å²) in [5.74, 6) is 0.950. The molecule has 2 aliphatic carbocycles. The van der Waals surface area contributed by atoms with E-state index in [0.29, 0.717) is 0 Å². The molecule has 2 heteroatoms. The maximum atomic E-state index is 3.80. The standard InChI is InChI=1S/C14H28N2/c1-15-13-9-7-12(8-10-13)11-16-14-5-3-2-4-6-14/h12-16H,2-11H2,1H3. The minimum atomic E-state index is 0.797. The Morgan fingerprint density at radius 2 is 1.50 bits per heavy atom. The van der Waals surface area contributed by atoms with Crippen LogP contribution in [0.2, 0.25) is 0 Å². The Morgan fingerprint density at radius 1 is 0.812 bits per heavy atom.